The van der Waals surface area contributed by atoms with Crippen LogP contribution in [0.2, 0.25) is 0 Å². The van der Waals surface area contributed by atoms with Crippen molar-refractivity contribution in [2.75, 3.05) is 5.32 Å². The fourth-order valence-corrected chi connectivity index (χ4v) is 2.50. The first-order valence-electron chi connectivity index (χ1n) is 7.17. The zero-order chi connectivity index (χ0) is 15.2. The molecule has 0 unspecified atom stereocenters. The Kier molecular flexibility index (Phi) is 5.56. The average Bonchev–Trinajstić information content (AvgIpc) is 2.49. The highest BCUT2D eigenvalue weighted by Gasteiger charge is 2.08. The van der Waals surface area contributed by atoms with Crippen LogP contribution in [0.1, 0.15) is 30.9 Å². The summed E-state index contributed by atoms with van der Waals surface area (Å²) >= 11 is 3.38. The summed E-state index contributed by atoms with van der Waals surface area (Å²) in [6.45, 7) is 5.50. The second-order valence-corrected chi connectivity index (χ2v) is 5.83. The molecule has 0 aliphatic heterocycles. The maximum atomic E-state index is 12.2. The minimum Gasteiger partial charge on any atom is -0.379 e. The molecule has 0 aliphatic carbocycles. The quantitative estimate of drug-likeness (QED) is 0.864. The topological polar surface area (TPSA) is 46.9 Å². The Balaban J connectivity index is 2.13. The number of benzene rings is 1. The summed E-state index contributed by atoms with van der Waals surface area (Å²) in [5.41, 5.74) is 3.08. The number of nitrogens with one attached hydrogen (secondary N) is 1. The largest absolute Gasteiger partial charge is 0.379 e. The van der Waals surface area contributed by atoms with Gasteiger partial charge in [-0.2, -0.15) is 5.10 Å². The van der Waals surface area contributed by atoms with Gasteiger partial charge in [-0.15, -0.1) is 0 Å². The van der Waals surface area contributed by atoms with Gasteiger partial charge in [0.05, 0.1) is 11.9 Å². The molecule has 1 aromatic carbocycles. The third kappa shape index (κ3) is 3.94. The van der Waals surface area contributed by atoms with Crippen molar-refractivity contribution < 1.29 is 0 Å². The van der Waals surface area contributed by atoms with Crippen LogP contribution in [0.5, 0.6) is 0 Å². The molecule has 0 fully saturated rings. The van der Waals surface area contributed by atoms with Crippen molar-refractivity contribution in [3.8, 4) is 0 Å². The molecule has 0 saturated carbocycles. The fraction of sp³-hybridized carbons (Fsp3) is 0.375. The van der Waals surface area contributed by atoms with Gasteiger partial charge in [0.15, 0.2) is 0 Å². The van der Waals surface area contributed by atoms with E-state index in [4.69, 9.17) is 0 Å². The molecule has 2 aromatic rings. The summed E-state index contributed by atoms with van der Waals surface area (Å²) in [5.74, 6) is 0. The second kappa shape index (κ2) is 7.41. The van der Waals surface area contributed by atoms with E-state index in [0.29, 0.717) is 17.6 Å². The van der Waals surface area contributed by atoms with Gasteiger partial charge in [-0.25, -0.2) is 4.68 Å². The van der Waals surface area contributed by atoms with Gasteiger partial charge >= 0.3 is 0 Å². The van der Waals surface area contributed by atoms with E-state index >= 15 is 0 Å². The third-order valence-corrected chi connectivity index (χ3v) is 4.21. The van der Waals surface area contributed by atoms with E-state index in [1.54, 1.807) is 6.20 Å². The smallest absolute Gasteiger partial charge is 0.283 e. The standard InChI is InChI=1S/C16H20BrN3O/c1-3-4-9-20-16(21)15(17)14(11-19-20)18-10-13-8-6-5-7-12(13)2/h5-8,11,18H,3-4,9-10H2,1-2H3. The highest BCUT2D eigenvalue weighted by atomic mass is 79.9. The van der Waals surface area contributed by atoms with Crippen molar-refractivity contribution in [2.24, 2.45) is 0 Å². The first kappa shape index (κ1) is 15.8. The number of hydrogen-bond acceptors (Lipinski definition) is 3. The highest BCUT2D eigenvalue weighted by Crippen LogP contribution is 2.18. The normalized spacial score (nSPS) is 10.6. The van der Waals surface area contributed by atoms with E-state index in [0.717, 1.165) is 18.5 Å². The molecule has 0 saturated heterocycles. The summed E-state index contributed by atoms with van der Waals surface area (Å²) in [4.78, 5) is 12.2. The van der Waals surface area contributed by atoms with Crippen molar-refractivity contribution in [2.45, 2.75) is 39.8 Å². The van der Waals surface area contributed by atoms with Gasteiger partial charge in [0, 0.05) is 13.1 Å². The van der Waals surface area contributed by atoms with Crippen LogP contribution in [0, 0.1) is 6.92 Å². The molecule has 0 amide bonds. The molecule has 2 rings (SSSR count). The van der Waals surface area contributed by atoms with Gasteiger partial charge in [0.25, 0.3) is 5.56 Å². The van der Waals surface area contributed by atoms with Crippen molar-refractivity contribution in [1.29, 1.82) is 0 Å². The number of aryl methyl sites for hydroxylation is 2. The van der Waals surface area contributed by atoms with E-state index in [9.17, 15) is 4.79 Å². The van der Waals surface area contributed by atoms with Crippen LogP contribution in [0.3, 0.4) is 0 Å². The molecular weight excluding hydrogens is 330 g/mol. The van der Waals surface area contributed by atoms with Crippen LogP contribution in [-0.4, -0.2) is 9.78 Å². The zero-order valence-corrected chi connectivity index (χ0v) is 14.0. The SMILES string of the molecule is CCCCn1ncc(NCc2ccccc2C)c(Br)c1=O. The van der Waals surface area contributed by atoms with Gasteiger partial charge in [-0.05, 0) is 40.4 Å². The molecule has 0 aliphatic rings. The van der Waals surface area contributed by atoms with E-state index in [-0.39, 0.29) is 5.56 Å². The van der Waals surface area contributed by atoms with Crippen molar-refractivity contribution in [3.05, 3.63) is 56.4 Å². The van der Waals surface area contributed by atoms with E-state index in [1.165, 1.54) is 15.8 Å². The monoisotopic (exact) mass is 349 g/mol. The number of aromatic nitrogens is 2. The van der Waals surface area contributed by atoms with Crippen LogP contribution in [0.25, 0.3) is 0 Å². The van der Waals surface area contributed by atoms with Crippen molar-refractivity contribution in [3.63, 3.8) is 0 Å². The predicted molar refractivity (Wildman–Crippen MR) is 89.6 cm³/mol. The van der Waals surface area contributed by atoms with Gasteiger partial charge in [-0.1, -0.05) is 37.6 Å². The zero-order valence-electron chi connectivity index (χ0n) is 12.4. The van der Waals surface area contributed by atoms with Crippen molar-refractivity contribution in [1.82, 2.24) is 9.78 Å². The molecule has 0 bridgehead atoms. The summed E-state index contributed by atoms with van der Waals surface area (Å²) in [6, 6.07) is 8.18. The Morgan fingerprint density at radius 2 is 2.10 bits per heavy atom. The fourth-order valence-electron chi connectivity index (χ4n) is 2.05. The molecular formula is C16H20BrN3O. The number of hydrogen-bond donors (Lipinski definition) is 1. The maximum Gasteiger partial charge on any atom is 0.283 e. The molecule has 4 nitrogen and oxygen atoms in total. The summed E-state index contributed by atoms with van der Waals surface area (Å²) in [7, 11) is 0. The van der Waals surface area contributed by atoms with Crippen LogP contribution >= 0.6 is 15.9 Å². The number of unbranched alkanes of at least 4 members (excludes halogenated alkanes) is 1. The molecule has 1 N–H and O–H groups in total. The average molecular weight is 350 g/mol. The summed E-state index contributed by atoms with van der Waals surface area (Å²) in [5, 5.41) is 7.49. The van der Waals surface area contributed by atoms with Gasteiger partial charge in [0.2, 0.25) is 0 Å². The lowest BCUT2D eigenvalue weighted by Gasteiger charge is -2.11. The van der Waals surface area contributed by atoms with Gasteiger partial charge in [-0.3, -0.25) is 4.79 Å². The Labute approximate surface area is 133 Å². The van der Waals surface area contributed by atoms with E-state index in [2.05, 4.69) is 52.3 Å². The molecule has 1 heterocycles. The molecule has 21 heavy (non-hydrogen) atoms. The predicted octanol–water partition coefficient (Wildman–Crippen LogP) is 3.73. The van der Waals surface area contributed by atoms with Crippen LogP contribution in [-0.2, 0) is 13.1 Å². The van der Waals surface area contributed by atoms with Crippen LogP contribution < -0.4 is 10.9 Å². The number of halogens is 1. The Bertz CT molecular complexity index is 667. The van der Waals surface area contributed by atoms with Crippen LogP contribution in [0.4, 0.5) is 5.69 Å². The molecule has 112 valence electrons. The maximum absolute atomic E-state index is 12.2. The first-order chi connectivity index (χ1) is 10.1. The third-order valence-electron chi connectivity index (χ3n) is 3.44. The summed E-state index contributed by atoms with van der Waals surface area (Å²) in [6.07, 6.45) is 3.70. The first-order valence-corrected chi connectivity index (χ1v) is 7.96. The van der Waals surface area contributed by atoms with Gasteiger partial charge < -0.3 is 5.32 Å². The van der Waals surface area contributed by atoms with E-state index in [1.807, 2.05) is 12.1 Å². The van der Waals surface area contributed by atoms with E-state index < -0.39 is 0 Å². The molecule has 5 heteroatoms. The molecule has 0 atom stereocenters. The molecule has 0 spiro atoms. The summed E-state index contributed by atoms with van der Waals surface area (Å²) < 4.78 is 2.05. The minimum atomic E-state index is -0.0850. The van der Waals surface area contributed by atoms with Gasteiger partial charge in [0.1, 0.15) is 4.47 Å². The van der Waals surface area contributed by atoms with Crippen LogP contribution in [0.15, 0.2) is 39.7 Å². The Morgan fingerprint density at radius 1 is 1.33 bits per heavy atom. The number of nitrogens with zero attached hydrogens (tertiary/aromatic N) is 2. The Morgan fingerprint density at radius 3 is 2.81 bits per heavy atom. The molecule has 1 aromatic heterocycles. The minimum absolute atomic E-state index is 0.0850. The second-order valence-electron chi connectivity index (χ2n) is 5.03. The number of rotatable bonds is 6. The lowest BCUT2D eigenvalue weighted by molar-refractivity contribution is 0.541. The highest BCUT2D eigenvalue weighted by molar-refractivity contribution is 9.10. The lowest BCUT2D eigenvalue weighted by atomic mass is 10.1. The van der Waals surface area contributed by atoms with Crippen molar-refractivity contribution >= 4 is 21.6 Å². The lowest BCUT2D eigenvalue weighted by Crippen LogP contribution is -2.24. The number of anilines is 1. The molecule has 0 radical (unpaired) electrons. The Hall–Kier alpha value is -1.62.